The first-order valence-electron chi connectivity index (χ1n) is 5.36. The Hall–Kier alpha value is -0.420. The van der Waals surface area contributed by atoms with Crippen molar-refractivity contribution >= 4 is 16.7 Å². The van der Waals surface area contributed by atoms with Crippen LogP contribution in [0.1, 0.15) is 26.7 Å². The summed E-state index contributed by atoms with van der Waals surface area (Å²) in [5.41, 5.74) is 0. The van der Waals surface area contributed by atoms with Gasteiger partial charge < -0.3 is 10.6 Å². The van der Waals surface area contributed by atoms with Gasteiger partial charge in [0.15, 0.2) is 0 Å². The minimum atomic E-state index is -0.775. The molecule has 0 aliphatic heterocycles. The zero-order valence-corrected chi connectivity index (χ0v) is 10.7. The van der Waals surface area contributed by atoms with Crippen LogP contribution in [-0.2, 0) is 15.6 Å². The van der Waals surface area contributed by atoms with Gasteiger partial charge in [0, 0.05) is 28.9 Å². The van der Waals surface area contributed by atoms with Crippen LogP contribution in [0.4, 0.5) is 0 Å². The summed E-state index contributed by atoms with van der Waals surface area (Å²) in [6, 6.07) is 0.102. The summed E-state index contributed by atoms with van der Waals surface area (Å²) < 4.78 is 10.8. The minimum absolute atomic E-state index is 0.0119. The molecule has 0 aromatic heterocycles. The van der Waals surface area contributed by atoms with Crippen molar-refractivity contribution < 1.29 is 9.00 Å². The third kappa shape index (κ3) is 9.87. The molecule has 0 saturated carbocycles. The molecule has 1 amide bonds. The van der Waals surface area contributed by atoms with Gasteiger partial charge in [-0.3, -0.25) is 9.00 Å². The first-order valence-corrected chi connectivity index (χ1v) is 7.09. The van der Waals surface area contributed by atoms with Crippen LogP contribution in [0.15, 0.2) is 0 Å². The Labute approximate surface area is 94.7 Å². The summed E-state index contributed by atoms with van der Waals surface area (Å²) in [5.74, 6) is 0.655. The van der Waals surface area contributed by atoms with Gasteiger partial charge in [-0.2, -0.15) is 0 Å². The monoisotopic (exact) mass is 234 g/mol. The van der Waals surface area contributed by atoms with Crippen molar-refractivity contribution in [3.05, 3.63) is 0 Å². The highest BCUT2D eigenvalue weighted by molar-refractivity contribution is 7.84. The zero-order valence-electron chi connectivity index (χ0n) is 9.84. The van der Waals surface area contributed by atoms with Crippen molar-refractivity contribution in [1.29, 1.82) is 0 Å². The van der Waals surface area contributed by atoms with Crippen LogP contribution in [0.3, 0.4) is 0 Å². The highest BCUT2D eigenvalue weighted by Gasteiger charge is 2.06. The van der Waals surface area contributed by atoms with Crippen molar-refractivity contribution in [2.24, 2.45) is 0 Å². The number of nitrogens with one attached hydrogen (secondary N) is 2. The Morgan fingerprint density at radius 2 is 2.13 bits per heavy atom. The Kier molecular flexibility index (Phi) is 8.61. The Morgan fingerprint density at radius 1 is 1.47 bits per heavy atom. The van der Waals surface area contributed by atoms with Gasteiger partial charge in [-0.15, -0.1) is 0 Å². The number of amides is 1. The molecule has 0 bridgehead atoms. The number of hydrogen-bond acceptors (Lipinski definition) is 3. The van der Waals surface area contributed by atoms with Crippen LogP contribution in [0, 0.1) is 0 Å². The van der Waals surface area contributed by atoms with E-state index in [4.69, 9.17) is 0 Å². The average Bonchev–Trinajstić information content (AvgIpc) is 2.15. The molecule has 0 spiro atoms. The molecule has 0 aromatic rings. The number of carbonyl (C=O) groups excluding carboxylic acids is 1. The second-order valence-electron chi connectivity index (χ2n) is 3.71. The van der Waals surface area contributed by atoms with Gasteiger partial charge in [0.1, 0.15) is 0 Å². The maximum absolute atomic E-state index is 11.3. The Morgan fingerprint density at radius 3 is 2.67 bits per heavy atom. The molecule has 0 radical (unpaired) electrons. The molecule has 2 unspecified atom stereocenters. The summed E-state index contributed by atoms with van der Waals surface area (Å²) in [6.07, 6.45) is 3.47. The topological polar surface area (TPSA) is 58.2 Å². The molecule has 90 valence electrons. The van der Waals surface area contributed by atoms with Crippen LogP contribution >= 0.6 is 0 Å². The van der Waals surface area contributed by atoms with Gasteiger partial charge >= 0.3 is 0 Å². The van der Waals surface area contributed by atoms with E-state index in [1.54, 1.807) is 6.26 Å². The Bertz CT molecular complexity index is 210. The van der Waals surface area contributed by atoms with E-state index in [0.29, 0.717) is 12.3 Å². The molecule has 0 aliphatic carbocycles. The summed E-state index contributed by atoms with van der Waals surface area (Å²) in [5, 5.41) is 5.89. The quantitative estimate of drug-likeness (QED) is 0.592. The van der Waals surface area contributed by atoms with Gasteiger partial charge in [-0.25, -0.2) is 0 Å². The summed E-state index contributed by atoms with van der Waals surface area (Å²) >= 11 is 0. The highest BCUT2D eigenvalue weighted by atomic mass is 32.2. The first kappa shape index (κ1) is 14.6. The highest BCUT2D eigenvalue weighted by Crippen LogP contribution is 1.92. The van der Waals surface area contributed by atoms with Crippen molar-refractivity contribution in [2.75, 3.05) is 25.1 Å². The van der Waals surface area contributed by atoms with E-state index in [0.717, 1.165) is 19.4 Å². The van der Waals surface area contributed by atoms with E-state index in [2.05, 4.69) is 17.6 Å². The molecule has 5 heteroatoms. The summed E-state index contributed by atoms with van der Waals surface area (Å²) in [7, 11) is -0.775. The molecular weight excluding hydrogens is 212 g/mol. The second-order valence-corrected chi connectivity index (χ2v) is 5.27. The lowest BCUT2D eigenvalue weighted by molar-refractivity contribution is -0.120. The minimum Gasteiger partial charge on any atom is -0.353 e. The number of rotatable bonds is 8. The van der Waals surface area contributed by atoms with Crippen LogP contribution in [0.5, 0.6) is 0 Å². The largest absolute Gasteiger partial charge is 0.353 e. The van der Waals surface area contributed by atoms with E-state index in [1.165, 1.54) is 0 Å². The fourth-order valence-corrected chi connectivity index (χ4v) is 1.80. The second kappa shape index (κ2) is 8.85. The van der Waals surface area contributed by atoms with Crippen molar-refractivity contribution in [3.8, 4) is 0 Å². The predicted octanol–water partition coefficient (Wildman–Crippen LogP) is 0.259. The zero-order chi connectivity index (χ0) is 11.7. The van der Waals surface area contributed by atoms with E-state index in [-0.39, 0.29) is 11.9 Å². The molecule has 0 fully saturated rings. The SMILES string of the molecule is CCCNCC(=O)NC(C)CCS(C)=O. The maximum Gasteiger partial charge on any atom is 0.234 e. The van der Waals surface area contributed by atoms with Crippen LogP contribution in [0.2, 0.25) is 0 Å². The fourth-order valence-electron chi connectivity index (χ4n) is 1.12. The van der Waals surface area contributed by atoms with Crippen molar-refractivity contribution in [3.63, 3.8) is 0 Å². The number of carbonyl (C=O) groups is 1. The molecular formula is C10H22N2O2S. The van der Waals surface area contributed by atoms with Gasteiger partial charge in [0.25, 0.3) is 0 Å². The molecule has 0 heterocycles. The predicted molar refractivity (Wildman–Crippen MR) is 64.3 cm³/mol. The third-order valence-corrected chi connectivity index (χ3v) is 2.77. The van der Waals surface area contributed by atoms with E-state index < -0.39 is 10.8 Å². The fraction of sp³-hybridized carbons (Fsp3) is 0.900. The maximum atomic E-state index is 11.3. The molecule has 2 N–H and O–H groups in total. The normalized spacial score (nSPS) is 14.6. The third-order valence-electron chi connectivity index (χ3n) is 1.96. The van der Waals surface area contributed by atoms with Gasteiger partial charge in [-0.1, -0.05) is 6.92 Å². The average molecular weight is 234 g/mol. The molecule has 0 aromatic carbocycles. The lowest BCUT2D eigenvalue weighted by Crippen LogP contribution is -2.39. The standard InChI is InChI=1S/C10H22N2O2S/c1-4-6-11-8-10(13)12-9(2)5-7-15(3)14/h9,11H,4-8H2,1-3H3,(H,12,13). The van der Waals surface area contributed by atoms with E-state index in [9.17, 15) is 9.00 Å². The van der Waals surface area contributed by atoms with Crippen LogP contribution in [-0.4, -0.2) is 41.3 Å². The lowest BCUT2D eigenvalue weighted by atomic mass is 10.2. The van der Waals surface area contributed by atoms with E-state index in [1.807, 2.05) is 6.92 Å². The number of hydrogen-bond donors (Lipinski definition) is 2. The molecule has 0 saturated heterocycles. The summed E-state index contributed by atoms with van der Waals surface area (Å²) in [6.45, 7) is 5.23. The van der Waals surface area contributed by atoms with Crippen molar-refractivity contribution in [1.82, 2.24) is 10.6 Å². The first-order chi connectivity index (χ1) is 7.06. The van der Waals surface area contributed by atoms with Crippen molar-refractivity contribution in [2.45, 2.75) is 32.7 Å². The van der Waals surface area contributed by atoms with Gasteiger partial charge in [0.05, 0.1) is 6.54 Å². The lowest BCUT2D eigenvalue weighted by Gasteiger charge is -2.13. The smallest absolute Gasteiger partial charge is 0.234 e. The Balaban J connectivity index is 3.53. The molecule has 0 rings (SSSR count). The molecule has 15 heavy (non-hydrogen) atoms. The van der Waals surface area contributed by atoms with Crippen LogP contribution in [0.25, 0.3) is 0 Å². The van der Waals surface area contributed by atoms with Gasteiger partial charge in [-0.05, 0) is 26.3 Å². The van der Waals surface area contributed by atoms with E-state index >= 15 is 0 Å². The summed E-state index contributed by atoms with van der Waals surface area (Å²) in [4.78, 5) is 11.3. The molecule has 4 nitrogen and oxygen atoms in total. The molecule has 0 aliphatic rings. The van der Waals surface area contributed by atoms with Gasteiger partial charge in [0.2, 0.25) is 5.91 Å². The van der Waals surface area contributed by atoms with Crippen LogP contribution < -0.4 is 10.6 Å². The molecule has 2 atom stereocenters.